The summed E-state index contributed by atoms with van der Waals surface area (Å²) in [6.07, 6.45) is 1.42. The maximum atomic E-state index is 12.7. The first kappa shape index (κ1) is 20.4. The zero-order valence-electron chi connectivity index (χ0n) is 16.2. The van der Waals surface area contributed by atoms with Gasteiger partial charge in [0.05, 0.1) is 22.9 Å². The van der Waals surface area contributed by atoms with E-state index in [1.54, 1.807) is 51.2 Å². The van der Waals surface area contributed by atoms with Crippen LogP contribution in [0.3, 0.4) is 0 Å². The molecule has 148 valence electrons. The van der Waals surface area contributed by atoms with Crippen molar-refractivity contribution in [1.82, 2.24) is 15.0 Å². The van der Waals surface area contributed by atoms with Crippen LogP contribution in [0.2, 0.25) is 0 Å². The van der Waals surface area contributed by atoms with Crippen LogP contribution in [0.5, 0.6) is 0 Å². The number of aromatic nitrogens is 3. The Morgan fingerprint density at radius 2 is 2.00 bits per heavy atom. The van der Waals surface area contributed by atoms with Crippen molar-refractivity contribution in [1.29, 1.82) is 5.26 Å². The number of aliphatic hydroxyl groups is 1. The van der Waals surface area contributed by atoms with Crippen molar-refractivity contribution in [3.8, 4) is 17.5 Å². The van der Waals surface area contributed by atoms with Gasteiger partial charge in [-0.2, -0.15) is 5.26 Å². The Balaban J connectivity index is 1.76. The maximum Gasteiger partial charge on any atom is 0.259 e. The number of rotatable bonds is 6. The average Bonchev–Trinajstić information content (AvgIpc) is 3.21. The van der Waals surface area contributed by atoms with Gasteiger partial charge in [0.25, 0.3) is 5.91 Å². The molecule has 2 aromatic heterocycles. The Labute approximate surface area is 172 Å². The van der Waals surface area contributed by atoms with Gasteiger partial charge in [-0.15, -0.1) is 11.3 Å². The third-order valence-electron chi connectivity index (χ3n) is 3.98. The third kappa shape index (κ3) is 5.13. The lowest BCUT2D eigenvalue weighted by atomic mass is 10.1. The number of nitrogens with zero attached hydrogens (tertiary/aromatic N) is 5. The standard InChI is InChI=1S/C20H20N6O2S/c1-20(2,28)11-22-17-8-15(23-12-24-17)16-10-29-19(25-16)26(3)18(27)14-6-4-13(9-21)5-7-14/h4-8,10,12,28H,11H2,1-3H3,(H,22,23,24). The molecule has 0 atom stereocenters. The monoisotopic (exact) mass is 408 g/mol. The van der Waals surface area contributed by atoms with Crippen LogP contribution < -0.4 is 10.2 Å². The molecule has 0 spiro atoms. The van der Waals surface area contributed by atoms with Crippen LogP contribution in [0.4, 0.5) is 10.9 Å². The van der Waals surface area contributed by atoms with E-state index in [-0.39, 0.29) is 5.91 Å². The molecule has 3 rings (SSSR count). The predicted molar refractivity (Wildman–Crippen MR) is 112 cm³/mol. The van der Waals surface area contributed by atoms with Crippen molar-refractivity contribution >= 4 is 28.2 Å². The fourth-order valence-electron chi connectivity index (χ4n) is 2.40. The van der Waals surface area contributed by atoms with Crippen molar-refractivity contribution in [2.24, 2.45) is 0 Å². The first-order chi connectivity index (χ1) is 13.8. The molecule has 0 bridgehead atoms. The molecule has 0 radical (unpaired) electrons. The predicted octanol–water partition coefficient (Wildman–Crippen LogP) is 2.93. The van der Waals surface area contributed by atoms with E-state index in [1.807, 2.05) is 11.4 Å². The van der Waals surface area contributed by atoms with Crippen LogP contribution in [0.1, 0.15) is 29.8 Å². The lowest BCUT2D eigenvalue weighted by molar-refractivity contribution is 0.0943. The number of carbonyl (C=O) groups is 1. The van der Waals surface area contributed by atoms with Gasteiger partial charge in [-0.1, -0.05) is 0 Å². The smallest absolute Gasteiger partial charge is 0.259 e. The largest absolute Gasteiger partial charge is 0.389 e. The van der Waals surface area contributed by atoms with Gasteiger partial charge in [0.2, 0.25) is 0 Å². The summed E-state index contributed by atoms with van der Waals surface area (Å²) in [5, 5.41) is 24.1. The highest BCUT2D eigenvalue weighted by Gasteiger charge is 2.18. The van der Waals surface area contributed by atoms with Gasteiger partial charge >= 0.3 is 0 Å². The van der Waals surface area contributed by atoms with E-state index in [0.29, 0.717) is 40.0 Å². The molecule has 0 fully saturated rings. The number of hydrogen-bond acceptors (Lipinski definition) is 8. The van der Waals surface area contributed by atoms with Gasteiger partial charge in [0.15, 0.2) is 5.13 Å². The molecular formula is C20H20N6O2S. The van der Waals surface area contributed by atoms with Crippen molar-refractivity contribution in [3.63, 3.8) is 0 Å². The minimum absolute atomic E-state index is 0.217. The highest BCUT2D eigenvalue weighted by Crippen LogP contribution is 2.27. The third-order valence-corrected chi connectivity index (χ3v) is 4.89. The summed E-state index contributed by atoms with van der Waals surface area (Å²) in [5.74, 6) is 0.360. The molecular weight excluding hydrogens is 388 g/mol. The number of carbonyl (C=O) groups excluding carboxylic acids is 1. The molecule has 0 aliphatic heterocycles. The molecule has 3 aromatic rings. The minimum atomic E-state index is -0.868. The molecule has 8 nitrogen and oxygen atoms in total. The van der Waals surface area contributed by atoms with Crippen LogP contribution in [-0.2, 0) is 0 Å². The maximum absolute atomic E-state index is 12.7. The van der Waals surface area contributed by atoms with Crippen molar-refractivity contribution < 1.29 is 9.90 Å². The lowest BCUT2D eigenvalue weighted by Gasteiger charge is -2.17. The lowest BCUT2D eigenvalue weighted by Crippen LogP contribution is -2.29. The van der Waals surface area contributed by atoms with E-state index < -0.39 is 5.60 Å². The van der Waals surface area contributed by atoms with E-state index in [4.69, 9.17) is 5.26 Å². The summed E-state index contributed by atoms with van der Waals surface area (Å²) >= 11 is 1.33. The van der Waals surface area contributed by atoms with E-state index in [1.165, 1.54) is 22.6 Å². The second kappa shape index (κ2) is 8.34. The second-order valence-corrected chi connectivity index (χ2v) is 7.86. The zero-order valence-corrected chi connectivity index (χ0v) is 17.1. The molecule has 0 aliphatic rings. The number of thiazole rings is 1. The quantitative estimate of drug-likeness (QED) is 0.644. The van der Waals surface area contributed by atoms with Crippen LogP contribution in [-0.4, -0.2) is 45.2 Å². The summed E-state index contributed by atoms with van der Waals surface area (Å²) in [6.45, 7) is 3.75. The van der Waals surface area contributed by atoms with Crippen LogP contribution >= 0.6 is 11.3 Å². The van der Waals surface area contributed by atoms with Crippen molar-refractivity contribution in [2.75, 3.05) is 23.8 Å². The fourth-order valence-corrected chi connectivity index (χ4v) is 3.19. The summed E-state index contributed by atoms with van der Waals surface area (Å²) in [4.78, 5) is 27.0. The molecule has 29 heavy (non-hydrogen) atoms. The van der Waals surface area contributed by atoms with Gasteiger partial charge in [-0.3, -0.25) is 9.69 Å². The number of anilines is 2. The van der Waals surface area contributed by atoms with Gasteiger partial charge in [0, 0.05) is 30.6 Å². The molecule has 9 heteroatoms. The van der Waals surface area contributed by atoms with Gasteiger partial charge in [-0.05, 0) is 38.1 Å². The fraction of sp³-hybridized carbons (Fsp3) is 0.250. The van der Waals surface area contributed by atoms with Crippen LogP contribution in [0.15, 0.2) is 42.0 Å². The number of nitriles is 1. The summed E-state index contributed by atoms with van der Waals surface area (Å²) in [6, 6.07) is 10.2. The molecule has 0 unspecified atom stereocenters. The van der Waals surface area contributed by atoms with Gasteiger partial charge < -0.3 is 10.4 Å². The van der Waals surface area contributed by atoms with E-state index in [0.717, 1.165) is 0 Å². The first-order valence-electron chi connectivity index (χ1n) is 8.79. The number of amides is 1. The SMILES string of the molecule is CN(C(=O)c1ccc(C#N)cc1)c1nc(-c2cc(NCC(C)(C)O)ncn2)cs1. The van der Waals surface area contributed by atoms with Crippen molar-refractivity contribution in [3.05, 3.63) is 53.2 Å². The number of nitrogens with one attached hydrogen (secondary N) is 1. The topological polar surface area (TPSA) is 115 Å². The minimum Gasteiger partial charge on any atom is -0.389 e. The van der Waals surface area contributed by atoms with Gasteiger partial charge in [-0.25, -0.2) is 15.0 Å². The van der Waals surface area contributed by atoms with Crippen molar-refractivity contribution in [2.45, 2.75) is 19.4 Å². The zero-order chi connectivity index (χ0) is 21.0. The Hall–Kier alpha value is -3.35. The highest BCUT2D eigenvalue weighted by atomic mass is 32.1. The highest BCUT2D eigenvalue weighted by molar-refractivity contribution is 7.14. The van der Waals surface area contributed by atoms with Gasteiger partial charge in [0.1, 0.15) is 17.8 Å². The molecule has 2 heterocycles. The second-order valence-electron chi connectivity index (χ2n) is 7.02. The molecule has 1 aromatic carbocycles. The molecule has 0 saturated heterocycles. The Bertz CT molecular complexity index is 1050. The molecule has 1 amide bonds. The summed E-state index contributed by atoms with van der Waals surface area (Å²) in [7, 11) is 1.65. The Morgan fingerprint density at radius 1 is 1.28 bits per heavy atom. The molecule has 0 aliphatic carbocycles. The first-order valence-corrected chi connectivity index (χ1v) is 9.67. The molecule has 0 saturated carbocycles. The van der Waals surface area contributed by atoms with Crippen LogP contribution in [0, 0.1) is 11.3 Å². The summed E-state index contributed by atoms with van der Waals surface area (Å²) in [5.41, 5.74) is 1.34. The van der Waals surface area contributed by atoms with Crippen LogP contribution in [0.25, 0.3) is 11.4 Å². The van der Waals surface area contributed by atoms with E-state index >= 15 is 0 Å². The van der Waals surface area contributed by atoms with E-state index in [9.17, 15) is 9.90 Å². The number of hydrogen-bond donors (Lipinski definition) is 2. The summed E-state index contributed by atoms with van der Waals surface area (Å²) < 4.78 is 0. The van der Waals surface area contributed by atoms with E-state index in [2.05, 4.69) is 20.3 Å². The average molecular weight is 408 g/mol. The number of benzene rings is 1. The molecule has 2 N–H and O–H groups in total. The normalized spacial score (nSPS) is 11.0. The Kier molecular flexibility index (Phi) is 5.87. The Morgan fingerprint density at radius 3 is 2.66 bits per heavy atom.